The average Bonchev–Trinajstić information content (AvgIpc) is 2.46. The number of benzene rings is 2. The molecule has 0 aromatic heterocycles. The summed E-state index contributed by atoms with van der Waals surface area (Å²) >= 11 is 0. The number of aryl methyl sites for hydroxylation is 2. The third kappa shape index (κ3) is 2.96. The Bertz CT molecular complexity index is 613. The van der Waals surface area contributed by atoms with Crippen LogP contribution in [-0.4, -0.2) is 13.6 Å². The molecule has 0 aliphatic carbocycles. The first-order chi connectivity index (χ1) is 10.2. The SMILES string of the molecule is CNC1CCN(Cc2cc(C)cc(C)c2)c2ccccc21. The van der Waals surface area contributed by atoms with Gasteiger partial charge in [0.2, 0.25) is 0 Å². The Balaban J connectivity index is 1.89. The van der Waals surface area contributed by atoms with Crippen LogP contribution in [-0.2, 0) is 6.54 Å². The van der Waals surface area contributed by atoms with E-state index in [9.17, 15) is 0 Å². The van der Waals surface area contributed by atoms with Crippen molar-refractivity contribution in [3.63, 3.8) is 0 Å². The Labute approximate surface area is 127 Å². The molecule has 2 aromatic carbocycles. The van der Waals surface area contributed by atoms with Crippen LogP contribution in [0, 0.1) is 13.8 Å². The number of nitrogens with zero attached hydrogens (tertiary/aromatic N) is 1. The smallest absolute Gasteiger partial charge is 0.0429 e. The fourth-order valence-corrected chi connectivity index (χ4v) is 3.48. The third-order valence-electron chi connectivity index (χ3n) is 4.34. The second-order valence-corrected chi connectivity index (χ2v) is 6.11. The van der Waals surface area contributed by atoms with E-state index in [-0.39, 0.29) is 0 Å². The number of hydrogen-bond acceptors (Lipinski definition) is 2. The Kier molecular flexibility index (Phi) is 3.98. The van der Waals surface area contributed by atoms with Gasteiger partial charge in [-0.1, -0.05) is 47.5 Å². The molecule has 2 aromatic rings. The zero-order valence-electron chi connectivity index (χ0n) is 13.2. The molecule has 0 fully saturated rings. The number of para-hydroxylation sites is 1. The van der Waals surface area contributed by atoms with Gasteiger partial charge in [0, 0.05) is 24.8 Å². The van der Waals surface area contributed by atoms with E-state index in [0.717, 1.165) is 19.5 Å². The quantitative estimate of drug-likeness (QED) is 0.915. The van der Waals surface area contributed by atoms with Crippen LogP contribution >= 0.6 is 0 Å². The minimum Gasteiger partial charge on any atom is -0.367 e. The highest BCUT2D eigenvalue weighted by Gasteiger charge is 2.23. The van der Waals surface area contributed by atoms with Crippen LogP contribution in [0.5, 0.6) is 0 Å². The van der Waals surface area contributed by atoms with E-state index >= 15 is 0 Å². The lowest BCUT2D eigenvalue weighted by Gasteiger charge is -2.36. The van der Waals surface area contributed by atoms with Gasteiger partial charge in [-0.05, 0) is 44.5 Å². The Hall–Kier alpha value is -1.80. The van der Waals surface area contributed by atoms with Gasteiger partial charge in [-0.3, -0.25) is 0 Å². The van der Waals surface area contributed by atoms with Gasteiger partial charge in [-0.25, -0.2) is 0 Å². The highest BCUT2D eigenvalue weighted by Crippen LogP contribution is 2.34. The number of nitrogens with one attached hydrogen (secondary N) is 1. The van der Waals surface area contributed by atoms with Gasteiger partial charge in [-0.15, -0.1) is 0 Å². The van der Waals surface area contributed by atoms with Crippen molar-refractivity contribution in [1.82, 2.24) is 5.32 Å². The van der Waals surface area contributed by atoms with Crippen LogP contribution in [0.4, 0.5) is 5.69 Å². The number of fused-ring (bicyclic) bond motifs is 1. The molecule has 3 rings (SSSR count). The maximum atomic E-state index is 3.44. The first-order valence-electron chi connectivity index (χ1n) is 7.75. The second kappa shape index (κ2) is 5.90. The van der Waals surface area contributed by atoms with Crippen molar-refractivity contribution in [3.05, 3.63) is 64.7 Å². The molecular weight excluding hydrogens is 256 g/mol. The number of hydrogen-bond donors (Lipinski definition) is 1. The van der Waals surface area contributed by atoms with Gasteiger partial charge in [0.15, 0.2) is 0 Å². The lowest BCUT2D eigenvalue weighted by atomic mass is 9.96. The van der Waals surface area contributed by atoms with Gasteiger partial charge < -0.3 is 10.2 Å². The lowest BCUT2D eigenvalue weighted by Crippen LogP contribution is -2.34. The lowest BCUT2D eigenvalue weighted by molar-refractivity contribution is 0.516. The summed E-state index contributed by atoms with van der Waals surface area (Å²) in [4.78, 5) is 2.51. The fraction of sp³-hybridized carbons (Fsp3) is 0.368. The van der Waals surface area contributed by atoms with E-state index in [1.807, 2.05) is 0 Å². The van der Waals surface area contributed by atoms with E-state index < -0.39 is 0 Å². The average molecular weight is 280 g/mol. The van der Waals surface area contributed by atoms with Crippen molar-refractivity contribution in [1.29, 1.82) is 0 Å². The van der Waals surface area contributed by atoms with Crippen LogP contribution in [0.3, 0.4) is 0 Å². The van der Waals surface area contributed by atoms with Gasteiger partial charge >= 0.3 is 0 Å². The summed E-state index contributed by atoms with van der Waals surface area (Å²) in [5.74, 6) is 0. The highest BCUT2D eigenvalue weighted by molar-refractivity contribution is 5.57. The van der Waals surface area contributed by atoms with Gasteiger partial charge in [0.05, 0.1) is 0 Å². The summed E-state index contributed by atoms with van der Waals surface area (Å²) in [7, 11) is 2.06. The molecule has 0 spiro atoms. The van der Waals surface area contributed by atoms with E-state index in [4.69, 9.17) is 0 Å². The topological polar surface area (TPSA) is 15.3 Å². The Morgan fingerprint density at radius 1 is 1.10 bits per heavy atom. The molecule has 0 amide bonds. The van der Waals surface area contributed by atoms with E-state index in [1.165, 1.54) is 27.9 Å². The normalized spacial score (nSPS) is 17.7. The molecule has 0 bridgehead atoms. The zero-order chi connectivity index (χ0) is 14.8. The summed E-state index contributed by atoms with van der Waals surface area (Å²) in [6.07, 6.45) is 1.16. The maximum Gasteiger partial charge on any atom is 0.0429 e. The molecule has 1 atom stereocenters. The molecule has 2 heteroatoms. The molecule has 1 unspecified atom stereocenters. The molecule has 1 heterocycles. The van der Waals surface area contributed by atoms with Crippen molar-refractivity contribution < 1.29 is 0 Å². The van der Waals surface area contributed by atoms with Gasteiger partial charge in [-0.2, -0.15) is 0 Å². The van der Waals surface area contributed by atoms with Crippen molar-refractivity contribution in [2.45, 2.75) is 32.9 Å². The molecule has 1 aliphatic rings. The largest absolute Gasteiger partial charge is 0.367 e. The molecule has 0 saturated carbocycles. The van der Waals surface area contributed by atoms with Crippen molar-refractivity contribution in [2.75, 3.05) is 18.5 Å². The summed E-state index contributed by atoms with van der Waals surface area (Å²) in [5.41, 5.74) is 6.91. The Morgan fingerprint density at radius 2 is 1.81 bits per heavy atom. The predicted molar refractivity (Wildman–Crippen MR) is 89.8 cm³/mol. The first kappa shape index (κ1) is 14.2. The zero-order valence-corrected chi connectivity index (χ0v) is 13.2. The second-order valence-electron chi connectivity index (χ2n) is 6.11. The molecule has 110 valence electrons. The van der Waals surface area contributed by atoms with Crippen LogP contribution in [0.25, 0.3) is 0 Å². The van der Waals surface area contributed by atoms with Crippen molar-refractivity contribution >= 4 is 5.69 Å². The minimum atomic E-state index is 0.483. The predicted octanol–water partition coefficient (Wildman–Crippen LogP) is 3.97. The minimum absolute atomic E-state index is 0.483. The van der Waals surface area contributed by atoms with Crippen LogP contribution in [0.15, 0.2) is 42.5 Å². The summed E-state index contributed by atoms with van der Waals surface area (Å²) in [6, 6.07) is 16.1. The number of anilines is 1. The van der Waals surface area contributed by atoms with E-state index in [1.54, 1.807) is 0 Å². The van der Waals surface area contributed by atoms with Crippen LogP contribution in [0.1, 0.15) is 34.7 Å². The summed E-state index contributed by atoms with van der Waals surface area (Å²) < 4.78 is 0. The summed E-state index contributed by atoms with van der Waals surface area (Å²) in [6.45, 7) is 6.46. The van der Waals surface area contributed by atoms with E-state index in [0.29, 0.717) is 6.04 Å². The van der Waals surface area contributed by atoms with Crippen LogP contribution in [0.2, 0.25) is 0 Å². The monoisotopic (exact) mass is 280 g/mol. The number of rotatable bonds is 3. The third-order valence-corrected chi connectivity index (χ3v) is 4.34. The van der Waals surface area contributed by atoms with E-state index in [2.05, 4.69) is 73.6 Å². The Morgan fingerprint density at radius 3 is 2.52 bits per heavy atom. The van der Waals surface area contributed by atoms with Crippen LogP contribution < -0.4 is 10.2 Å². The van der Waals surface area contributed by atoms with Crippen molar-refractivity contribution in [2.24, 2.45) is 0 Å². The molecule has 21 heavy (non-hydrogen) atoms. The maximum absolute atomic E-state index is 3.44. The standard InChI is InChI=1S/C19H24N2/c1-14-10-15(2)12-16(11-14)13-21-9-8-18(20-3)17-6-4-5-7-19(17)21/h4-7,10-12,18,20H,8-9,13H2,1-3H3. The first-order valence-corrected chi connectivity index (χ1v) is 7.75. The molecule has 1 N–H and O–H groups in total. The summed E-state index contributed by atoms with van der Waals surface area (Å²) in [5, 5.41) is 3.44. The molecule has 2 nitrogen and oxygen atoms in total. The van der Waals surface area contributed by atoms with Crippen molar-refractivity contribution in [3.8, 4) is 0 Å². The molecule has 0 radical (unpaired) electrons. The molecular formula is C19H24N2. The highest BCUT2D eigenvalue weighted by atomic mass is 15.1. The van der Waals surface area contributed by atoms with Gasteiger partial charge in [0.1, 0.15) is 0 Å². The fourth-order valence-electron chi connectivity index (χ4n) is 3.48. The molecule has 0 saturated heterocycles. The molecule has 1 aliphatic heterocycles. The van der Waals surface area contributed by atoms with Gasteiger partial charge in [0.25, 0.3) is 0 Å².